The second-order valence-electron chi connectivity index (χ2n) is 4.07. The van der Waals surface area contributed by atoms with E-state index in [-0.39, 0.29) is 17.4 Å². The molecule has 0 bridgehead atoms. The Labute approximate surface area is 111 Å². The lowest BCUT2D eigenvalue weighted by molar-refractivity contribution is -0.459. The van der Waals surface area contributed by atoms with Gasteiger partial charge in [0, 0.05) is 4.92 Å². The summed E-state index contributed by atoms with van der Waals surface area (Å²) in [6, 6.07) is 16.5. The largest absolute Gasteiger partial charge is 0.496 e. The van der Waals surface area contributed by atoms with Crippen LogP contribution < -0.4 is 4.74 Å². The van der Waals surface area contributed by atoms with Crippen molar-refractivity contribution in [3.05, 3.63) is 81.9 Å². The van der Waals surface area contributed by atoms with E-state index in [1.54, 1.807) is 24.3 Å². The van der Waals surface area contributed by atoms with E-state index in [1.165, 1.54) is 7.11 Å². The zero-order chi connectivity index (χ0) is 13.7. The van der Waals surface area contributed by atoms with Gasteiger partial charge in [-0.2, -0.15) is 0 Å². The fraction of sp³-hybridized carbons (Fsp3) is 0.133. The van der Waals surface area contributed by atoms with Crippen molar-refractivity contribution in [2.75, 3.05) is 7.11 Å². The summed E-state index contributed by atoms with van der Waals surface area (Å²) < 4.78 is 5.19. The molecule has 4 heteroatoms. The van der Waals surface area contributed by atoms with E-state index in [9.17, 15) is 10.1 Å². The van der Waals surface area contributed by atoms with Gasteiger partial charge >= 0.3 is 6.04 Å². The van der Waals surface area contributed by atoms with Crippen molar-refractivity contribution in [3.63, 3.8) is 0 Å². The van der Waals surface area contributed by atoms with Gasteiger partial charge in [-0.1, -0.05) is 42.5 Å². The fourth-order valence-corrected chi connectivity index (χ4v) is 1.93. The zero-order valence-electron chi connectivity index (χ0n) is 10.6. The van der Waals surface area contributed by atoms with Gasteiger partial charge in [0.15, 0.2) is 0 Å². The predicted octanol–water partition coefficient (Wildman–Crippen LogP) is 3.09. The minimum absolute atomic E-state index is 0.142. The van der Waals surface area contributed by atoms with Gasteiger partial charge in [-0.3, -0.25) is 10.1 Å². The molecule has 1 radical (unpaired) electrons. The number of nitrogens with zero attached hydrogens (tertiary/aromatic N) is 1. The first-order chi connectivity index (χ1) is 9.22. The van der Waals surface area contributed by atoms with Gasteiger partial charge in [0.2, 0.25) is 0 Å². The molecule has 97 valence electrons. The summed E-state index contributed by atoms with van der Waals surface area (Å²) >= 11 is 0. The van der Waals surface area contributed by atoms with E-state index >= 15 is 0 Å². The molecule has 2 aromatic carbocycles. The molecule has 0 amide bonds. The lowest BCUT2D eigenvalue weighted by Crippen LogP contribution is -2.15. The van der Waals surface area contributed by atoms with Crippen LogP contribution in [-0.4, -0.2) is 12.0 Å². The van der Waals surface area contributed by atoms with Crippen LogP contribution in [0.15, 0.2) is 54.6 Å². The van der Waals surface area contributed by atoms with E-state index in [4.69, 9.17) is 4.74 Å². The maximum atomic E-state index is 11.3. The third kappa shape index (κ3) is 3.10. The summed E-state index contributed by atoms with van der Waals surface area (Å²) in [7, 11) is 1.51. The smallest absolute Gasteiger partial charge is 0.327 e. The maximum Gasteiger partial charge on any atom is 0.327 e. The predicted molar refractivity (Wildman–Crippen MR) is 72.5 cm³/mol. The van der Waals surface area contributed by atoms with Gasteiger partial charge in [0.25, 0.3) is 0 Å². The zero-order valence-corrected chi connectivity index (χ0v) is 10.6. The number of hydrogen-bond acceptors (Lipinski definition) is 3. The molecule has 0 spiro atoms. The average molecular weight is 256 g/mol. The highest BCUT2D eigenvalue weighted by molar-refractivity contribution is 5.42. The van der Waals surface area contributed by atoms with Gasteiger partial charge in [-0.15, -0.1) is 0 Å². The van der Waals surface area contributed by atoms with Crippen molar-refractivity contribution in [1.82, 2.24) is 0 Å². The van der Waals surface area contributed by atoms with Crippen LogP contribution in [0.3, 0.4) is 0 Å². The highest BCUT2D eigenvalue weighted by atomic mass is 16.6. The first-order valence-electron chi connectivity index (χ1n) is 5.90. The van der Waals surface area contributed by atoms with Gasteiger partial charge < -0.3 is 4.74 Å². The molecule has 0 aliphatic rings. The van der Waals surface area contributed by atoms with Crippen molar-refractivity contribution >= 4 is 0 Å². The monoisotopic (exact) mass is 256 g/mol. The third-order valence-corrected chi connectivity index (χ3v) is 2.85. The van der Waals surface area contributed by atoms with Crippen molar-refractivity contribution in [3.8, 4) is 5.75 Å². The highest BCUT2D eigenvalue weighted by Crippen LogP contribution is 2.28. The molecular formula is C15H14NO3. The lowest BCUT2D eigenvalue weighted by atomic mass is 9.98. The van der Waals surface area contributed by atoms with E-state index < -0.39 is 0 Å². The lowest BCUT2D eigenvalue weighted by Gasteiger charge is -2.11. The number of methoxy groups -OCH3 is 1. The fourth-order valence-electron chi connectivity index (χ4n) is 1.93. The Balaban J connectivity index is 2.33. The number of hydrogen-bond donors (Lipinski definition) is 0. The summed E-state index contributed by atoms with van der Waals surface area (Å²) in [6.07, 6.45) is 0.272. The molecule has 0 aliphatic heterocycles. The van der Waals surface area contributed by atoms with E-state index in [0.717, 1.165) is 5.56 Å². The second kappa shape index (κ2) is 6.00. The number of ether oxygens (including phenoxy) is 1. The van der Waals surface area contributed by atoms with Crippen LogP contribution in [0.25, 0.3) is 0 Å². The van der Waals surface area contributed by atoms with Gasteiger partial charge in [-0.25, -0.2) is 0 Å². The van der Waals surface area contributed by atoms with Crippen molar-refractivity contribution in [2.45, 2.75) is 6.42 Å². The van der Waals surface area contributed by atoms with Crippen LogP contribution in [0, 0.1) is 16.2 Å². The Morgan fingerprint density at radius 2 is 1.74 bits per heavy atom. The molecule has 0 fully saturated rings. The molecule has 0 N–H and O–H groups in total. The first-order valence-corrected chi connectivity index (χ1v) is 5.90. The van der Waals surface area contributed by atoms with Crippen LogP contribution in [0.5, 0.6) is 5.75 Å². The van der Waals surface area contributed by atoms with Crippen LogP contribution >= 0.6 is 0 Å². The molecule has 0 unspecified atom stereocenters. The Bertz CT molecular complexity index is 554. The Morgan fingerprint density at radius 3 is 2.37 bits per heavy atom. The average Bonchev–Trinajstić information content (AvgIpc) is 2.45. The number of para-hydroxylation sites is 1. The molecule has 0 saturated heterocycles. The molecule has 2 aromatic rings. The molecule has 0 heterocycles. The SMILES string of the molecule is COc1ccccc1[C](Cc1ccccc1)[N+](=O)[O-]. The van der Waals surface area contributed by atoms with E-state index in [2.05, 4.69) is 0 Å². The Hall–Kier alpha value is -2.36. The molecular weight excluding hydrogens is 242 g/mol. The van der Waals surface area contributed by atoms with Crippen molar-refractivity contribution < 1.29 is 9.66 Å². The molecule has 2 rings (SSSR count). The molecule has 4 nitrogen and oxygen atoms in total. The highest BCUT2D eigenvalue weighted by Gasteiger charge is 2.29. The summed E-state index contributed by atoms with van der Waals surface area (Å²) in [5.74, 6) is 0.519. The Morgan fingerprint density at radius 1 is 1.11 bits per heavy atom. The van der Waals surface area contributed by atoms with Crippen molar-refractivity contribution in [2.24, 2.45) is 0 Å². The quantitative estimate of drug-likeness (QED) is 0.610. The molecule has 0 aliphatic carbocycles. The number of benzene rings is 2. The topological polar surface area (TPSA) is 52.4 Å². The van der Waals surface area contributed by atoms with Crippen LogP contribution in [-0.2, 0) is 6.42 Å². The van der Waals surface area contributed by atoms with Gasteiger partial charge in [-0.05, 0) is 17.7 Å². The van der Waals surface area contributed by atoms with Crippen LogP contribution in [0.2, 0.25) is 0 Å². The molecule has 0 atom stereocenters. The molecule has 19 heavy (non-hydrogen) atoms. The normalized spacial score (nSPS) is 10.4. The summed E-state index contributed by atoms with van der Waals surface area (Å²) in [5.41, 5.74) is 1.43. The van der Waals surface area contributed by atoms with E-state index in [0.29, 0.717) is 11.3 Å². The standard InChI is InChI=1S/C15H14NO3/c1-19-15-10-6-5-9-13(15)14(16(17)18)11-12-7-3-2-4-8-12/h2-10H,11H2,1H3. The minimum Gasteiger partial charge on any atom is -0.496 e. The number of rotatable bonds is 5. The Kier molecular flexibility index (Phi) is 4.13. The first kappa shape index (κ1) is 13.1. The summed E-state index contributed by atoms with van der Waals surface area (Å²) in [5, 5.41) is 11.3. The third-order valence-electron chi connectivity index (χ3n) is 2.85. The molecule has 0 aromatic heterocycles. The van der Waals surface area contributed by atoms with E-state index in [1.807, 2.05) is 30.3 Å². The van der Waals surface area contributed by atoms with Crippen molar-refractivity contribution in [1.29, 1.82) is 0 Å². The van der Waals surface area contributed by atoms with Gasteiger partial charge in [0.05, 0.1) is 19.1 Å². The summed E-state index contributed by atoms with van der Waals surface area (Å²) in [4.78, 5) is 10.9. The maximum absolute atomic E-state index is 11.3. The number of nitro groups is 1. The minimum atomic E-state index is -0.342. The van der Waals surface area contributed by atoms with Crippen LogP contribution in [0.1, 0.15) is 11.1 Å². The molecule has 0 saturated carbocycles. The van der Waals surface area contributed by atoms with Gasteiger partial charge in [0.1, 0.15) is 5.75 Å². The second-order valence-corrected chi connectivity index (χ2v) is 4.07. The summed E-state index contributed by atoms with van der Waals surface area (Å²) in [6.45, 7) is 0. The van der Waals surface area contributed by atoms with Crippen LogP contribution in [0.4, 0.5) is 0 Å².